The molecule has 0 bridgehead atoms. The van der Waals surface area contributed by atoms with Crippen molar-refractivity contribution in [2.75, 3.05) is 33.9 Å². The van der Waals surface area contributed by atoms with Crippen LogP contribution in [0.25, 0.3) is 0 Å². The third-order valence-corrected chi connectivity index (χ3v) is 5.23. The number of hydrogen-bond acceptors (Lipinski definition) is 5. The van der Waals surface area contributed by atoms with E-state index in [-0.39, 0.29) is 31.1 Å². The number of methoxy groups -OCH3 is 1. The summed E-state index contributed by atoms with van der Waals surface area (Å²) in [4.78, 5) is 14.4. The first-order valence-corrected chi connectivity index (χ1v) is 7.59. The molecule has 21 heavy (non-hydrogen) atoms. The number of fused-ring (bicyclic) bond motifs is 1. The summed E-state index contributed by atoms with van der Waals surface area (Å²) >= 11 is 0. The van der Waals surface area contributed by atoms with E-state index in [2.05, 4.69) is 0 Å². The molecule has 1 aliphatic heterocycles. The van der Waals surface area contributed by atoms with Gasteiger partial charge in [-0.1, -0.05) is 13.8 Å². The van der Waals surface area contributed by atoms with Crippen molar-refractivity contribution in [3.8, 4) is 0 Å². The predicted octanol–water partition coefficient (Wildman–Crippen LogP) is -0.0154. The summed E-state index contributed by atoms with van der Waals surface area (Å²) < 4.78 is 10.7. The van der Waals surface area contributed by atoms with Gasteiger partial charge in [-0.2, -0.15) is 0 Å². The Morgan fingerprint density at radius 2 is 2.24 bits per heavy atom. The Morgan fingerprint density at radius 3 is 2.86 bits per heavy atom. The average molecular weight is 300 g/mol. The molecular weight excluding hydrogens is 272 g/mol. The molecule has 1 amide bonds. The molecule has 4 atom stereocenters. The number of rotatable bonds is 5. The number of carbonyl (C=O) groups excluding carboxylic acids is 1. The molecule has 1 heterocycles. The van der Waals surface area contributed by atoms with Crippen molar-refractivity contribution in [3.63, 3.8) is 0 Å². The molecule has 0 aromatic heterocycles. The normalized spacial score (nSPS) is 35.5. The van der Waals surface area contributed by atoms with Crippen molar-refractivity contribution < 1.29 is 19.4 Å². The number of ether oxygens (including phenoxy) is 2. The van der Waals surface area contributed by atoms with Crippen molar-refractivity contribution in [1.82, 2.24) is 4.90 Å². The Kier molecular flexibility index (Phi) is 4.63. The zero-order chi connectivity index (χ0) is 15.8. The lowest BCUT2D eigenvalue weighted by atomic mass is 9.46. The number of hydrogen-bond donors (Lipinski definition) is 2. The highest BCUT2D eigenvalue weighted by atomic mass is 16.5. The fraction of sp³-hybridized carbons (Fsp3) is 0.933. The van der Waals surface area contributed by atoms with Gasteiger partial charge in [0.1, 0.15) is 5.54 Å². The number of nitrogens with two attached hydrogens (primary N) is 1. The van der Waals surface area contributed by atoms with Crippen LogP contribution in [0.15, 0.2) is 0 Å². The molecule has 6 heteroatoms. The van der Waals surface area contributed by atoms with Gasteiger partial charge in [0.25, 0.3) is 0 Å². The van der Waals surface area contributed by atoms with Gasteiger partial charge in [-0.05, 0) is 12.8 Å². The second kappa shape index (κ2) is 5.83. The lowest BCUT2D eigenvalue weighted by Gasteiger charge is -2.65. The number of likely N-dealkylation sites (N-methyl/N-ethyl adjacent to an activating group) is 1. The van der Waals surface area contributed by atoms with Gasteiger partial charge < -0.3 is 25.2 Å². The molecule has 2 fully saturated rings. The molecule has 3 N–H and O–H groups in total. The summed E-state index contributed by atoms with van der Waals surface area (Å²) in [6.45, 7) is 5.17. The monoisotopic (exact) mass is 300 g/mol. The van der Waals surface area contributed by atoms with E-state index < -0.39 is 17.1 Å². The molecule has 122 valence electrons. The summed E-state index contributed by atoms with van der Waals surface area (Å²) in [6, 6.07) is 0. The standard InChI is InChI=1S/C15H28N2O4/c1-14(2)12-11(6-5-7-21-12)15(14,16)13(19)17(3)8-10(18)9-20-4/h10-12,18H,5-9,16H2,1-4H3. The molecule has 0 spiro atoms. The summed E-state index contributed by atoms with van der Waals surface area (Å²) in [6.07, 6.45) is 1.22. The van der Waals surface area contributed by atoms with Gasteiger partial charge in [-0.15, -0.1) is 0 Å². The molecule has 0 aromatic carbocycles. The molecule has 1 aliphatic carbocycles. The smallest absolute Gasteiger partial charge is 0.243 e. The van der Waals surface area contributed by atoms with Crippen LogP contribution in [0, 0.1) is 11.3 Å². The third-order valence-electron chi connectivity index (χ3n) is 5.23. The Bertz CT molecular complexity index is 401. The van der Waals surface area contributed by atoms with E-state index in [0.717, 1.165) is 19.4 Å². The highest BCUT2D eigenvalue weighted by molar-refractivity contribution is 5.89. The van der Waals surface area contributed by atoms with Crippen LogP contribution < -0.4 is 5.73 Å². The van der Waals surface area contributed by atoms with Gasteiger partial charge in [0.2, 0.25) is 5.91 Å². The first-order chi connectivity index (χ1) is 9.76. The topological polar surface area (TPSA) is 85.0 Å². The van der Waals surface area contributed by atoms with Gasteiger partial charge in [-0.3, -0.25) is 4.79 Å². The van der Waals surface area contributed by atoms with Crippen molar-refractivity contribution in [2.24, 2.45) is 17.1 Å². The lowest BCUT2D eigenvalue weighted by molar-refractivity contribution is -0.230. The number of amides is 1. The van der Waals surface area contributed by atoms with E-state index in [9.17, 15) is 9.90 Å². The zero-order valence-corrected chi connectivity index (χ0v) is 13.5. The Labute approximate surface area is 126 Å². The van der Waals surface area contributed by atoms with Crippen LogP contribution in [0.3, 0.4) is 0 Å². The molecule has 1 saturated carbocycles. The maximum Gasteiger partial charge on any atom is 0.243 e. The third kappa shape index (κ3) is 2.48. The van der Waals surface area contributed by atoms with Gasteiger partial charge in [-0.25, -0.2) is 0 Å². The van der Waals surface area contributed by atoms with E-state index >= 15 is 0 Å². The molecule has 1 saturated heterocycles. The summed E-state index contributed by atoms with van der Waals surface area (Å²) in [7, 11) is 3.21. The predicted molar refractivity (Wildman–Crippen MR) is 78.7 cm³/mol. The van der Waals surface area contributed by atoms with E-state index in [0.29, 0.717) is 0 Å². The molecule has 0 radical (unpaired) electrons. The number of aliphatic hydroxyl groups is 1. The first kappa shape index (κ1) is 16.7. The summed E-state index contributed by atoms with van der Waals surface area (Å²) in [5.74, 6) is -0.0508. The Hall–Kier alpha value is -0.690. The highest BCUT2D eigenvalue weighted by Crippen LogP contribution is 2.57. The van der Waals surface area contributed by atoms with Crippen molar-refractivity contribution in [1.29, 1.82) is 0 Å². The van der Waals surface area contributed by atoms with Gasteiger partial charge in [0, 0.05) is 38.6 Å². The minimum Gasteiger partial charge on any atom is -0.389 e. The van der Waals surface area contributed by atoms with Crippen LogP contribution in [-0.2, 0) is 14.3 Å². The molecule has 2 rings (SSSR count). The number of nitrogens with zero attached hydrogens (tertiary/aromatic N) is 1. The zero-order valence-electron chi connectivity index (χ0n) is 13.5. The number of aliphatic hydroxyl groups excluding tert-OH is 1. The van der Waals surface area contributed by atoms with Gasteiger partial charge >= 0.3 is 0 Å². The Morgan fingerprint density at radius 1 is 1.57 bits per heavy atom. The minimum absolute atomic E-state index is 0.0532. The van der Waals surface area contributed by atoms with Crippen molar-refractivity contribution >= 4 is 5.91 Å². The highest BCUT2D eigenvalue weighted by Gasteiger charge is 2.70. The van der Waals surface area contributed by atoms with Crippen molar-refractivity contribution in [2.45, 2.75) is 44.4 Å². The minimum atomic E-state index is -0.917. The maximum atomic E-state index is 12.9. The molecular formula is C15H28N2O4. The number of carbonyl (C=O) groups is 1. The van der Waals surface area contributed by atoms with Gasteiger partial charge in [0.15, 0.2) is 0 Å². The fourth-order valence-electron chi connectivity index (χ4n) is 3.97. The quantitative estimate of drug-likeness (QED) is 0.745. The molecule has 2 aliphatic rings. The van der Waals surface area contributed by atoms with Crippen LogP contribution in [0.5, 0.6) is 0 Å². The van der Waals surface area contributed by atoms with E-state index in [1.165, 1.54) is 12.0 Å². The van der Waals surface area contributed by atoms with Crippen molar-refractivity contribution in [3.05, 3.63) is 0 Å². The second-order valence-electron chi connectivity index (χ2n) is 6.93. The first-order valence-electron chi connectivity index (χ1n) is 7.59. The summed E-state index contributed by atoms with van der Waals surface area (Å²) in [5.41, 5.74) is 5.24. The summed E-state index contributed by atoms with van der Waals surface area (Å²) in [5, 5.41) is 9.80. The lowest BCUT2D eigenvalue weighted by Crippen LogP contribution is -2.82. The second-order valence-corrected chi connectivity index (χ2v) is 6.93. The Balaban J connectivity index is 2.09. The molecule has 0 aromatic rings. The van der Waals surface area contributed by atoms with Crippen LogP contribution in [0.1, 0.15) is 26.7 Å². The molecule has 6 nitrogen and oxygen atoms in total. The van der Waals surface area contributed by atoms with E-state index in [4.69, 9.17) is 15.2 Å². The van der Waals surface area contributed by atoms with Crippen LogP contribution in [0.2, 0.25) is 0 Å². The van der Waals surface area contributed by atoms with E-state index in [1.807, 2.05) is 13.8 Å². The molecule has 4 unspecified atom stereocenters. The van der Waals surface area contributed by atoms with Gasteiger partial charge in [0.05, 0.1) is 18.8 Å². The largest absolute Gasteiger partial charge is 0.389 e. The van der Waals surface area contributed by atoms with Crippen LogP contribution in [-0.4, -0.2) is 67.6 Å². The van der Waals surface area contributed by atoms with Crippen LogP contribution >= 0.6 is 0 Å². The van der Waals surface area contributed by atoms with E-state index in [1.54, 1.807) is 7.05 Å². The average Bonchev–Trinajstić information content (AvgIpc) is 2.45. The van der Waals surface area contributed by atoms with Crippen LogP contribution in [0.4, 0.5) is 0 Å². The fourth-order valence-corrected chi connectivity index (χ4v) is 3.97. The SMILES string of the molecule is COCC(O)CN(C)C(=O)C1(N)C2CCCOC2C1(C)C. The maximum absolute atomic E-state index is 12.9.